The molecule has 1 aromatic rings. The number of aliphatic hydroxyl groups excluding tert-OH is 1. The van der Waals surface area contributed by atoms with Gasteiger partial charge in [0.15, 0.2) is 0 Å². The number of rotatable bonds is 4. The van der Waals surface area contributed by atoms with Gasteiger partial charge in [0.1, 0.15) is 5.82 Å². The molecule has 1 saturated heterocycles. The Kier molecular flexibility index (Phi) is 6.18. The van der Waals surface area contributed by atoms with E-state index in [-0.39, 0.29) is 35.4 Å². The van der Waals surface area contributed by atoms with E-state index in [0.717, 1.165) is 18.9 Å². The Morgan fingerprint density at radius 3 is 2.59 bits per heavy atom. The maximum atomic E-state index is 13.3. The van der Waals surface area contributed by atoms with Gasteiger partial charge in [0, 0.05) is 19.1 Å². The highest BCUT2D eigenvalue weighted by Crippen LogP contribution is 2.27. The van der Waals surface area contributed by atoms with E-state index in [1.807, 2.05) is 0 Å². The highest BCUT2D eigenvalue weighted by atomic mass is 32.2. The molecular weight excluding hydrogens is 371 g/mol. The maximum absolute atomic E-state index is 13.3. The Hall–Kier alpha value is -1.51. The first-order chi connectivity index (χ1) is 12.8. The molecule has 27 heavy (non-hydrogen) atoms. The molecule has 1 heterocycles. The van der Waals surface area contributed by atoms with Crippen LogP contribution in [0, 0.1) is 18.7 Å². The highest BCUT2D eigenvalue weighted by Gasteiger charge is 2.35. The van der Waals surface area contributed by atoms with E-state index in [9.17, 15) is 22.7 Å². The number of amides is 1. The zero-order chi connectivity index (χ0) is 19.6. The maximum Gasteiger partial charge on any atom is 0.243 e. The van der Waals surface area contributed by atoms with E-state index in [4.69, 9.17) is 0 Å². The van der Waals surface area contributed by atoms with Crippen LogP contribution in [0.25, 0.3) is 0 Å². The smallest absolute Gasteiger partial charge is 0.243 e. The Morgan fingerprint density at radius 1 is 1.22 bits per heavy atom. The molecule has 2 aliphatic rings. The molecule has 1 aliphatic heterocycles. The van der Waals surface area contributed by atoms with Crippen LogP contribution in [0.5, 0.6) is 0 Å². The van der Waals surface area contributed by atoms with E-state index in [2.05, 4.69) is 5.32 Å². The topological polar surface area (TPSA) is 86.7 Å². The van der Waals surface area contributed by atoms with Gasteiger partial charge in [0.25, 0.3) is 0 Å². The van der Waals surface area contributed by atoms with Gasteiger partial charge in [0.05, 0.1) is 16.9 Å². The second-order valence-electron chi connectivity index (χ2n) is 7.63. The van der Waals surface area contributed by atoms with Crippen molar-refractivity contribution in [3.63, 3.8) is 0 Å². The van der Waals surface area contributed by atoms with E-state index in [1.165, 1.54) is 16.4 Å². The molecule has 0 radical (unpaired) electrons. The van der Waals surface area contributed by atoms with Gasteiger partial charge in [-0.05, 0) is 69.2 Å². The minimum Gasteiger partial charge on any atom is -0.393 e. The summed E-state index contributed by atoms with van der Waals surface area (Å²) in [6, 6.07) is 3.69. The number of benzene rings is 1. The van der Waals surface area contributed by atoms with Gasteiger partial charge in [-0.15, -0.1) is 0 Å². The van der Waals surface area contributed by atoms with Crippen molar-refractivity contribution in [1.29, 1.82) is 0 Å². The summed E-state index contributed by atoms with van der Waals surface area (Å²) in [5.74, 6) is -0.979. The van der Waals surface area contributed by atoms with Crippen molar-refractivity contribution >= 4 is 15.9 Å². The fourth-order valence-electron chi connectivity index (χ4n) is 3.96. The molecule has 0 unspecified atom stereocenters. The Morgan fingerprint density at radius 2 is 1.93 bits per heavy atom. The Labute approximate surface area is 159 Å². The molecule has 8 heteroatoms. The summed E-state index contributed by atoms with van der Waals surface area (Å²) in [6.45, 7) is 2.07. The van der Waals surface area contributed by atoms with Crippen LogP contribution in [0.4, 0.5) is 4.39 Å². The number of hydrogen-bond acceptors (Lipinski definition) is 4. The lowest BCUT2D eigenvalue weighted by atomic mass is 9.92. The average molecular weight is 399 g/mol. The van der Waals surface area contributed by atoms with Gasteiger partial charge in [-0.1, -0.05) is 0 Å². The monoisotopic (exact) mass is 398 g/mol. The van der Waals surface area contributed by atoms with Crippen LogP contribution in [0.3, 0.4) is 0 Å². The number of nitrogens with one attached hydrogen (secondary N) is 1. The second-order valence-corrected chi connectivity index (χ2v) is 9.53. The minimum absolute atomic E-state index is 0.0484. The summed E-state index contributed by atoms with van der Waals surface area (Å²) in [6.07, 6.45) is 3.83. The molecule has 1 atom stereocenters. The van der Waals surface area contributed by atoms with Gasteiger partial charge in [-0.3, -0.25) is 4.79 Å². The summed E-state index contributed by atoms with van der Waals surface area (Å²) in [7, 11) is -3.76. The first kappa shape index (κ1) is 20.2. The summed E-state index contributed by atoms with van der Waals surface area (Å²) >= 11 is 0. The number of nitrogens with zero attached hydrogens (tertiary/aromatic N) is 1. The molecule has 3 rings (SSSR count). The molecule has 0 aromatic heterocycles. The highest BCUT2D eigenvalue weighted by molar-refractivity contribution is 7.89. The largest absolute Gasteiger partial charge is 0.393 e. The lowest BCUT2D eigenvalue weighted by molar-refractivity contribution is -0.127. The van der Waals surface area contributed by atoms with Crippen molar-refractivity contribution < 1.29 is 22.7 Å². The van der Waals surface area contributed by atoms with Crippen molar-refractivity contribution in [2.24, 2.45) is 5.92 Å². The number of sulfonamides is 1. The molecule has 1 aliphatic carbocycles. The van der Waals surface area contributed by atoms with Crippen LogP contribution in [0.15, 0.2) is 23.1 Å². The summed E-state index contributed by atoms with van der Waals surface area (Å²) in [5, 5.41) is 12.6. The molecule has 0 spiro atoms. The van der Waals surface area contributed by atoms with Gasteiger partial charge in [-0.25, -0.2) is 12.8 Å². The SMILES string of the molecule is Cc1cc(F)ccc1S(=O)(=O)N1CCC[C@H](C(=O)N[C@H]2CC[C@H](O)CC2)C1. The first-order valence-corrected chi connectivity index (χ1v) is 11.0. The van der Waals surface area contributed by atoms with E-state index < -0.39 is 15.8 Å². The van der Waals surface area contributed by atoms with Crippen LogP contribution in [-0.2, 0) is 14.8 Å². The molecule has 2 N–H and O–H groups in total. The van der Waals surface area contributed by atoms with E-state index in [1.54, 1.807) is 6.92 Å². The van der Waals surface area contributed by atoms with Crippen LogP contribution in [0.2, 0.25) is 0 Å². The quantitative estimate of drug-likeness (QED) is 0.812. The van der Waals surface area contributed by atoms with Crippen molar-refractivity contribution in [3.8, 4) is 0 Å². The lowest BCUT2D eigenvalue weighted by Crippen LogP contribution is -2.48. The normalized spacial score (nSPS) is 27.3. The molecule has 2 fully saturated rings. The number of aliphatic hydroxyl groups is 1. The number of aryl methyl sites for hydroxylation is 1. The third-order valence-corrected chi connectivity index (χ3v) is 7.58. The van der Waals surface area contributed by atoms with Crippen LogP contribution >= 0.6 is 0 Å². The average Bonchev–Trinajstić information content (AvgIpc) is 2.63. The van der Waals surface area contributed by atoms with Crippen molar-refractivity contribution in [3.05, 3.63) is 29.6 Å². The second kappa shape index (κ2) is 8.24. The third-order valence-electron chi connectivity index (χ3n) is 5.55. The van der Waals surface area contributed by atoms with Gasteiger partial charge < -0.3 is 10.4 Å². The predicted molar refractivity (Wildman–Crippen MR) is 99.0 cm³/mol. The summed E-state index contributed by atoms with van der Waals surface area (Å²) in [4.78, 5) is 12.7. The Balaban J connectivity index is 1.67. The molecule has 1 saturated carbocycles. The zero-order valence-corrected chi connectivity index (χ0v) is 16.3. The van der Waals surface area contributed by atoms with Crippen molar-refractivity contribution in [2.45, 2.75) is 62.5 Å². The minimum atomic E-state index is -3.76. The summed E-state index contributed by atoms with van der Waals surface area (Å²) in [5.41, 5.74) is 0.363. The third kappa shape index (κ3) is 4.67. The van der Waals surface area contributed by atoms with Crippen LogP contribution in [0.1, 0.15) is 44.1 Å². The number of piperidine rings is 1. The first-order valence-electron chi connectivity index (χ1n) is 9.52. The number of carbonyl (C=O) groups is 1. The standard InChI is InChI=1S/C19H27FN2O4S/c1-13-11-15(20)4-9-18(13)27(25,26)22-10-2-3-14(12-22)19(24)21-16-5-7-17(23)8-6-16/h4,9,11,14,16-17,23H,2-3,5-8,10,12H2,1H3,(H,21,24)/t14-,16-,17-/m0/s1. The van der Waals surface area contributed by atoms with Crippen molar-refractivity contribution in [1.82, 2.24) is 9.62 Å². The number of hydrogen-bond donors (Lipinski definition) is 2. The molecule has 0 bridgehead atoms. The predicted octanol–water partition coefficient (Wildman–Crippen LogP) is 1.95. The fraction of sp³-hybridized carbons (Fsp3) is 0.632. The zero-order valence-electron chi connectivity index (χ0n) is 15.5. The van der Waals surface area contributed by atoms with Gasteiger partial charge in [-0.2, -0.15) is 4.31 Å². The number of halogens is 1. The van der Waals surface area contributed by atoms with E-state index in [0.29, 0.717) is 37.8 Å². The molecule has 1 amide bonds. The molecule has 1 aromatic carbocycles. The van der Waals surface area contributed by atoms with E-state index >= 15 is 0 Å². The fourth-order valence-corrected chi connectivity index (χ4v) is 5.68. The molecule has 150 valence electrons. The Bertz CT molecular complexity index is 791. The van der Waals surface area contributed by atoms with Gasteiger partial charge >= 0.3 is 0 Å². The molecule has 6 nitrogen and oxygen atoms in total. The summed E-state index contributed by atoms with van der Waals surface area (Å²) < 4.78 is 40.6. The van der Waals surface area contributed by atoms with Crippen LogP contribution in [-0.4, -0.2) is 49.0 Å². The van der Waals surface area contributed by atoms with Gasteiger partial charge in [0.2, 0.25) is 15.9 Å². The molecular formula is C19H27FN2O4S. The van der Waals surface area contributed by atoms with Crippen LogP contribution < -0.4 is 5.32 Å². The lowest BCUT2D eigenvalue weighted by Gasteiger charge is -2.33. The van der Waals surface area contributed by atoms with Crippen molar-refractivity contribution in [2.75, 3.05) is 13.1 Å². The number of carbonyl (C=O) groups excluding carboxylic acids is 1.